The predicted octanol–water partition coefficient (Wildman–Crippen LogP) is 3.97. The summed E-state index contributed by atoms with van der Waals surface area (Å²) >= 11 is 1.52. The number of anilines is 2. The molecule has 1 fully saturated rings. The van der Waals surface area contributed by atoms with Gasteiger partial charge in [-0.2, -0.15) is 20.2 Å². The number of nitrogens with one attached hydrogen (secondary N) is 1. The van der Waals surface area contributed by atoms with E-state index in [0.29, 0.717) is 30.0 Å². The van der Waals surface area contributed by atoms with Crippen LogP contribution in [0.1, 0.15) is 12.0 Å². The first-order valence-corrected chi connectivity index (χ1v) is 12.5. The van der Waals surface area contributed by atoms with Gasteiger partial charge in [-0.05, 0) is 41.1 Å². The first-order chi connectivity index (χ1) is 17.3. The number of amidine groups is 1. The maximum atomic E-state index is 8.87. The quantitative estimate of drug-likeness (QED) is 0.541. The first-order valence-electron chi connectivity index (χ1n) is 11.7. The molecule has 0 spiro atoms. The minimum atomic E-state index is 0.490. The fourth-order valence-corrected chi connectivity index (χ4v) is 4.77. The SMILES string of the molecule is N#CCCN1CCN(c2nc(NC3=NCC(c4ccccc4)=C3)nc(Sc3ccccc3)n2)CC1. The summed E-state index contributed by atoms with van der Waals surface area (Å²) in [5.74, 6) is 1.90. The summed E-state index contributed by atoms with van der Waals surface area (Å²) in [5, 5.41) is 12.8. The number of nitrogens with zero attached hydrogens (tertiary/aromatic N) is 7. The molecule has 1 aromatic heterocycles. The summed E-state index contributed by atoms with van der Waals surface area (Å²) in [4.78, 5) is 24.4. The molecular weight excluding hydrogens is 456 g/mol. The largest absolute Gasteiger partial charge is 0.338 e. The molecule has 0 bridgehead atoms. The third kappa shape index (κ3) is 6.04. The molecule has 1 saturated heterocycles. The molecule has 9 heteroatoms. The molecule has 0 saturated carbocycles. The Morgan fingerprint density at radius 1 is 0.914 bits per heavy atom. The van der Waals surface area contributed by atoms with E-state index in [4.69, 9.17) is 15.2 Å². The Kier molecular flexibility index (Phi) is 7.32. The number of aliphatic imine (C=N–C) groups is 1. The van der Waals surface area contributed by atoms with Crippen LogP contribution in [0, 0.1) is 11.3 Å². The van der Waals surface area contributed by atoms with E-state index >= 15 is 0 Å². The van der Waals surface area contributed by atoms with Crippen molar-refractivity contribution < 1.29 is 0 Å². The minimum Gasteiger partial charge on any atom is -0.338 e. The van der Waals surface area contributed by atoms with Crippen LogP contribution in [0.2, 0.25) is 0 Å². The Bertz CT molecular complexity index is 1250. The topological polar surface area (TPSA) is 93.3 Å². The molecule has 8 nitrogen and oxygen atoms in total. The molecule has 2 aromatic carbocycles. The van der Waals surface area contributed by atoms with E-state index in [2.05, 4.69) is 49.4 Å². The molecule has 0 aliphatic carbocycles. The highest BCUT2D eigenvalue weighted by Crippen LogP contribution is 2.27. The molecule has 2 aliphatic heterocycles. The summed E-state index contributed by atoms with van der Waals surface area (Å²) in [7, 11) is 0. The fourth-order valence-electron chi connectivity index (χ4n) is 4.01. The third-order valence-electron chi connectivity index (χ3n) is 5.87. The van der Waals surface area contributed by atoms with Gasteiger partial charge in [0.15, 0.2) is 5.16 Å². The average molecular weight is 483 g/mol. The van der Waals surface area contributed by atoms with Crippen molar-refractivity contribution in [2.75, 3.05) is 49.5 Å². The summed E-state index contributed by atoms with van der Waals surface area (Å²) in [6.45, 7) is 4.81. The van der Waals surface area contributed by atoms with Gasteiger partial charge in [-0.1, -0.05) is 48.5 Å². The number of benzene rings is 2. The van der Waals surface area contributed by atoms with Gasteiger partial charge >= 0.3 is 0 Å². The van der Waals surface area contributed by atoms with Crippen molar-refractivity contribution in [1.29, 1.82) is 5.26 Å². The van der Waals surface area contributed by atoms with Gasteiger partial charge in [0.1, 0.15) is 5.84 Å². The number of piperazine rings is 1. The van der Waals surface area contributed by atoms with Gasteiger partial charge in [0.2, 0.25) is 11.9 Å². The molecule has 176 valence electrons. The molecule has 0 amide bonds. The highest BCUT2D eigenvalue weighted by atomic mass is 32.2. The zero-order chi connectivity index (χ0) is 23.9. The van der Waals surface area contributed by atoms with Crippen molar-refractivity contribution in [3.63, 3.8) is 0 Å². The van der Waals surface area contributed by atoms with Gasteiger partial charge in [-0.3, -0.25) is 9.89 Å². The van der Waals surface area contributed by atoms with Crippen LogP contribution in [-0.2, 0) is 0 Å². The van der Waals surface area contributed by atoms with Gasteiger partial charge in [0.25, 0.3) is 0 Å². The zero-order valence-electron chi connectivity index (χ0n) is 19.3. The van der Waals surface area contributed by atoms with E-state index in [0.717, 1.165) is 49.0 Å². The van der Waals surface area contributed by atoms with E-state index in [9.17, 15) is 0 Å². The van der Waals surface area contributed by atoms with Gasteiger partial charge in [-0.25, -0.2) is 0 Å². The van der Waals surface area contributed by atoms with Crippen molar-refractivity contribution in [3.05, 3.63) is 72.3 Å². The van der Waals surface area contributed by atoms with Gasteiger partial charge in [0.05, 0.1) is 12.6 Å². The second-order valence-corrected chi connectivity index (χ2v) is 9.30. The summed E-state index contributed by atoms with van der Waals surface area (Å²) < 4.78 is 0. The van der Waals surface area contributed by atoms with Crippen molar-refractivity contribution >= 4 is 35.1 Å². The summed E-state index contributed by atoms with van der Waals surface area (Å²) in [6.07, 6.45) is 2.61. The Morgan fingerprint density at radius 3 is 2.40 bits per heavy atom. The maximum Gasteiger partial charge on any atom is 0.234 e. The smallest absolute Gasteiger partial charge is 0.234 e. The molecule has 3 aromatic rings. The van der Waals surface area contributed by atoms with Crippen molar-refractivity contribution in [3.8, 4) is 6.07 Å². The number of rotatable bonds is 7. The monoisotopic (exact) mass is 482 g/mol. The lowest BCUT2D eigenvalue weighted by Gasteiger charge is -2.34. The van der Waals surface area contributed by atoms with Crippen LogP contribution in [0.3, 0.4) is 0 Å². The maximum absolute atomic E-state index is 8.87. The standard InChI is InChI=1S/C26H26N8S/c27-12-7-13-33-14-16-34(17-15-33)25-30-24(31-26(32-25)35-22-10-5-2-6-11-22)29-23-18-21(19-28-23)20-8-3-1-4-9-20/h1-6,8-11,18H,7,13-17,19H2,(H,28,29,30,31,32). The zero-order valence-corrected chi connectivity index (χ0v) is 20.2. The van der Waals surface area contributed by atoms with Gasteiger partial charge < -0.3 is 10.2 Å². The molecule has 35 heavy (non-hydrogen) atoms. The fraction of sp³-hybridized carbons (Fsp3) is 0.269. The lowest BCUT2D eigenvalue weighted by atomic mass is 10.1. The molecule has 1 N–H and O–H groups in total. The molecule has 0 unspecified atom stereocenters. The lowest BCUT2D eigenvalue weighted by molar-refractivity contribution is 0.262. The number of hydrogen-bond acceptors (Lipinski definition) is 9. The van der Waals surface area contributed by atoms with Crippen LogP contribution in [-0.4, -0.2) is 65.0 Å². The highest BCUT2D eigenvalue weighted by molar-refractivity contribution is 7.99. The predicted molar refractivity (Wildman–Crippen MR) is 140 cm³/mol. The summed E-state index contributed by atoms with van der Waals surface area (Å²) in [5.41, 5.74) is 2.33. The number of hydrogen-bond donors (Lipinski definition) is 1. The third-order valence-corrected chi connectivity index (χ3v) is 6.74. The van der Waals surface area contributed by atoms with E-state index in [1.165, 1.54) is 17.3 Å². The van der Waals surface area contributed by atoms with Crippen LogP contribution >= 0.6 is 11.8 Å². The average Bonchev–Trinajstić information content (AvgIpc) is 3.37. The van der Waals surface area contributed by atoms with E-state index in [1.54, 1.807) is 0 Å². The Morgan fingerprint density at radius 2 is 1.66 bits per heavy atom. The second-order valence-electron chi connectivity index (χ2n) is 8.26. The van der Waals surface area contributed by atoms with E-state index in [1.807, 2.05) is 48.5 Å². The molecule has 0 atom stereocenters. The molecule has 3 heterocycles. The van der Waals surface area contributed by atoms with Crippen molar-refractivity contribution in [2.24, 2.45) is 4.99 Å². The van der Waals surface area contributed by atoms with Crippen molar-refractivity contribution in [2.45, 2.75) is 16.5 Å². The van der Waals surface area contributed by atoms with E-state index in [-0.39, 0.29) is 0 Å². The Labute approximate surface area is 209 Å². The van der Waals surface area contributed by atoms with Crippen LogP contribution in [0.25, 0.3) is 5.57 Å². The highest BCUT2D eigenvalue weighted by Gasteiger charge is 2.21. The van der Waals surface area contributed by atoms with Crippen LogP contribution in [0.4, 0.5) is 11.9 Å². The summed E-state index contributed by atoms with van der Waals surface area (Å²) in [6, 6.07) is 22.6. The van der Waals surface area contributed by atoms with Crippen molar-refractivity contribution in [1.82, 2.24) is 19.9 Å². The van der Waals surface area contributed by atoms with Gasteiger partial charge in [-0.15, -0.1) is 0 Å². The molecule has 0 radical (unpaired) electrons. The van der Waals surface area contributed by atoms with Crippen LogP contribution in [0.5, 0.6) is 0 Å². The van der Waals surface area contributed by atoms with Crippen LogP contribution < -0.4 is 10.2 Å². The molecule has 2 aliphatic rings. The minimum absolute atomic E-state index is 0.490. The lowest BCUT2D eigenvalue weighted by Crippen LogP contribution is -2.47. The number of aromatic nitrogens is 3. The first kappa shape index (κ1) is 23.0. The van der Waals surface area contributed by atoms with Crippen LogP contribution in [0.15, 0.2) is 81.8 Å². The number of nitriles is 1. The molecule has 5 rings (SSSR count). The van der Waals surface area contributed by atoms with Gasteiger partial charge in [0, 0.05) is 44.0 Å². The normalized spacial score (nSPS) is 15.9. The second kappa shape index (κ2) is 11.1. The Hall–Kier alpha value is -3.74. The Balaban J connectivity index is 1.35. The van der Waals surface area contributed by atoms with E-state index < -0.39 is 0 Å². The molecular formula is C26H26N8S.